The summed E-state index contributed by atoms with van der Waals surface area (Å²) in [5.74, 6) is 0.0150. The lowest BCUT2D eigenvalue weighted by atomic mass is 10.1. The van der Waals surface area contributed by atoms with E-state index >= 15 is 0 Å². The van der Waals surface area contributed by atoms with Crippen molar-refractivity contribution in [3.05, 3.63) is 59.7 Å². The molecule has 26 heavy (non-hydrogen) atoms. The molecule has 0 atom stereocenters. The summed E-state index contributed by atoms with van der Waals surface area (Å²) in [6.07, 6.45) is 1.65. The summed E-state index contributed by atoms with van der Waals surface area (Å²) in [7, 11) is 0. The van der Waals surface area contributed by atoms with E-state index in [4.69, 9.17) is 9.47 Å². The standard InChI is InChI=1S/C21H25NO4/c1-3-16-9-12-18(13-10-16)22-20(23)15-26-21(24)14-11-17-7-5-6-8-19(17)25-4-2/h5-10,12-13H,3-4,11,14-15H2,1-2H3,(H,22,23). The summed E-state index contributed by atoms with van der Waals surface area (Å²) >= 11 is 0. The lowest BCUT2D eigenvalue weighted by Gasteiger charge is -2.10. The van der Waals surface area contributed by atoms with Crippen LogP contribution in [0.4, 0.5) is 5.69 Å². The minimum atomic E-state index is -0.409. The Bertz CT molecular complexity index is 725. The first-order valence-corrected chi connectivity index (χ1v) is 8.87. The second-order valence-electron chi connectivity index (χ2n) is 5.80. The molecule has 0 aliphatic carbocycles. The number of rotatable bonds is 9. The molecule has 138 valence electrons. The molecule has 0 aliphatic heterocycles. The molecule has 0 saturated heterocycles. The number of ether oxygens (including phenoxy) is 2. The minimum absolute atomic E-state index is 0.197. The molecule has 0 bridgehead atoms. The van der Waals surface area contributed by atoms with Gasteiger partial charge in [-0.3, -0.25) is 9.59 Å². The van der Waals surface area contributed by atoms with Crippen LogP contribution in [0.15, 0.2) is 48.5 Å². The van der Waals surface area contributed by atoms with Crippen LogP contribution in [0.3, 0.4) is 0 Å². The van der Waals surface area contributed by atoms with Crippen molar-refractivity contribution in [2.75, 3.05) is 18.5 Å². The van der Waals surface area contributed by atoms with E-state index in [2.05, 4.69) is 12.2 Å². The molecule has 0 spiro atoms. The number of carbonyl (C=O) groups is 2. The molecule has 5 heteroatoms. The minimum Gasteiger partial charge on any atom is -0.494 e. The maximum absolute atomic E-state index is 11.9. The van der Waals surface area contributed by atoms with Crippen LogP contribution in [0.2, 0.25) is 0 Å². The van der Waals surface area contributed by atoms with Gasteiger partial charge in [-0.1, -0.05) is 37.3 Å². The van der Waals surface area contributed by atoms with E-state index in [-0.39, 0.29) is 18.9 Å². The molecule has 0 saturated carbocycles. The lowest BCUT2D eigenvalue weighted by molar-refractivity contribution is -0.147. The quantitative estimate of drug-likeness (QED) is 0.696. The van der Waals surface area contributed by atoms with E-state index in [1.165, 1.54) is 5.56 Å². The number of amides is 1. The van der Waals surface area contributed by atoms with Crippen molar-refractivity contribution < 1.29 is 19.1 Å². The normalized spacial score (nSPS) is 10.2. The first-order valence-electron chi connectivity index (χ1n) is 8.87. The molecular formula is C21H25NO4. The number of anilines is 1. The molecule has 2 rings (SSSR count). The van der Waals surface area contributed by atoms with Crippen LogP contribution in [-0.2, 0) is 27.2 Å². The monoisotopic (exact) mass is 355 g/mol. The van der Waals surface area contributed by atoms with Gasteiger partial charge in [-0.25, -0.2) is 0 Å². The largest absolute Gasteiger partial charge is 0.494 e. The molecule has 2 aromatic carbocycles. The summed E-state index contributed by atoms with van der Waals surface area (Å²) in [4.78, 5) is 23.8. The lowest BCUT2D eigenvalue weighted by Crippen LogP contribution is -2.21. The zero-order chi connectivity index (χ0) is 18.8. The van der Waals surface area contributed by atoms with E-state index in [0.717, 1.165) is 17.7 Å². The first kappa shape index (κ1) is 19.5. The molecule has 1 N–H and O–H groups in total. The fourth-order valence-corrected chi connectivity index (χ4v) is 2.48. The molecule has 0 aliphatic rings. The predicted molar refractivity (Wildman–Crippen MR) is 101 cm³/mol. The highest BCUT2D eigenvalue weighted by molar-refractivity contribution is 5.92. The van der Waals surface area contributed by atoms with Crippen molar-refractivity contribution >= 4 is 17.6 Å². The molecule has 5 nitrogen and oxygen atoms in total. The smallest absolute Gasteiger partial charge is 0.306 e. The molecule has 2 aromatic rings. The number of carbonyl (C=O) groups excluding carboxylic acids is 2. The van der Waals surface area contributed by atoms with Crippen LogP contribution in [0.1, 0.15) is 31.4 Å². The number of benzene rings is 2. The van der Waals surface area contributed by atoms with E-state index in [1.54, 1.807) is 0 Å². The Morgan fingerprint density at radius 1 is 1.00 bits per heavy atom. The SMILES string of the molecule is CCOc1ccccc1CCC(=O)OCC(=O)Nc1ccc(CC)cc1. The van der Waals surface area contributed by atoms with Gasteiger partial charge in [0.25, 0.3) is 5.91 Å². The average Bonchev–Trinajstić information content (AvgIpc) is 2.66. The number of hydrogen-bond acceptors (Lipinski definition) is 4. The first-order chi connectivity index (χ1) is 12.6. The third-order valence-corrected chi connectivity index (χ3v) is 3.88. The van der Waals surface area contributed by atoms with Gasteiger partial charge in [0.1, 0.15) is 5.75 Å². The van der Waals surface area contributed by atoms with Crippen LogP contribution >= 0.6 is 0 Å². The Kier molecular flexibility index (Phi) is 7.68. The van der Waals surface area contributed by atoms with E-state index in [9.17, 15) is 9.59 Å². The number of aryl methyl sites for hydroxylation is 2. The Hall–Kier alpha value is -2.82. The molecular weight excluding hydrogens is 330 g/mol. The van der Waals surface area contributed by atoms with Gasteiger partial charge in [-0.2, -0.15) is 0 Å². The van der Waals surface area contributed by atoms with E-state index in [1.807, 2.05) is 55.5 Å². The maximum Gasteiger partial charge on any atom is 0.306 e. The van der Waals surface area contributed by atoms with E-state index < -0.39 is 5.97 Å². The maximum atomic E-state index is 11.9. The van der Waals surface area contributed by atoms with Gasteiger partial charge in [-0.05, 0) is 49.1 Å². The van der Waals surface area contributed by atoms with Crippen LogP contribution < -0.4 is 10.1 Å². The summed E-state index contributed by atoms with van der Waals surface area (Å²) < 4.78 is 10.6. The van der Waals surface area contributed by atoms with Gasteiger partial charge >= 0.3 is 5.97 Å². The number of hydrogen-bond donors (Lipinski definition) is 1. The zero-order valence-corrected chi connectivity index (χ0v) is 15.3. The van der Waals surface area contributed by atoms with Crippen molar-refractivity contribution in [1.29, 1.82) is 0 Å². The average molecular weight is 355 g/mol. The Morgan fingerprint density at radius 2 is 1.73 bits per heavy atom. The zero-order valence-electron chi connectivity index (χ0n) is 15.3. The van der Waals surface area contributed by atoms with E-state index in [0.29, 0.717) is 18.7 Å². The second-order valence-corrected chi connectivity index (χ2v) is 5.80. The van der Waals surface area contributed by atoms with Gasteiger partial charge in [0, 0.05) is 12.1 Å². The van der Waals surface area contributed by atoms with Gasteiger partial charge < -0.3 is 14.8 Å². The van der Waals surface area contributed by atoms with Gasteiger partial charge in [0.05, 0.1) is 6.61 Å². The van der Waals surface area contributed by atoms with Crippen molar-refractivity contribution in [3.63, 3.8) is 0 Å². The fraction of sp³-hybridized carbons (Fsp3) is 0.333. The highest BCUT2D eigenvalue weighted by atomic mass is 16.5. The summed E-state index contributed by atoms with van der Waals surface area (Å²) in [6, 6.07) is 15.2. The molecule has 0 fully saturated rings. The Labute approximate surface area is 154 Å². The van der Waals surface area contributed by atoms with Crippen LogP contribution in [0.25, 0.3) is 0 Å². The summed E-state index contributed by atoms with van der Waals surface area (Å²) in [6.45, 7) is 4.27. The molecule has 0 unspecified atom stereocenters. The van der Waals surface area contributed by atoms with Crippen LogP contribution in [0, 0.1) is 0 Å². The molecule has 0 heterocycles. The summed E-state index contributed by atoms with van der Waals surface area (Å²) in [5, 5.41) is 2.71. The van der Waals surface area contributed by atoms with Crippen molar-refractivity contribution in [1.82, 2.24) is 0 Å². The summed E-state index contributed by atoms with van der Waals surface area (Å²) in [5.41, 5.74) is 2.84. The van der Waals surface area contributed by atoms with Crippen molar-refractivity contribution in [2.45, 2.75) is 33.1 Å². The number of esters is 1. The third-order valence-electron chi connectivity index (χ3n) is 3.88. The Balaban J connectivity index is 1.75. The highest BCUT2D eigenvalue weighted by Crippen LogP contribution is 2.19. The molecule has 0 aromatic heterocycles. The number of nitrogens with one attached hydrogen (secondary N) is 1. The van der Waals surface area contributed by atoms with Crippen LogP contribution in [-0.4, -0.2) is 25.1 Å². The van der Waals surface area contributed by atoms with Gasteiger partial charge in [0.2, 0.25) is 0 Å². The van der Waals surface area contributed by atoms with Crippen LogP contribution in [0.5, 0.6) is 5.75 Å². The van der Waals surface area contributed by atoms with Gasteiger partial charge in [-0.15, -0.1) is 0 Å². The topological polar surface area (TPSA) is 64.6 Å². The fourth-order valence-electron chi connectivity index (χ4n) is 2.48. The Morgan fingerprint density at radius 3 is 2.42 bits per heavy atom. The number of para-hydroxylation sites is 1. The second kappa shape index (κ2) is 10.2. The van der Waals surface area contributed by atoms with Crippen molar-refractivity contribution in [3.8, 4) is 5.75 Å². The van der Waals surface area contributed by atoms with Crippen molar-refractivity contribution in [2.24, 2.45) is 0 Å². The van der Waals surface area contributed by atoms with Gasteiger partial charge in [0.15, 0.2) is 6.61 Å². The molecule has 0 radical (unpaired) electrons. The third kappa shape index (κ3) is 6.24. The predicted octanol–water partition coefficient (Wildman–Crippen LogP) is 3.76. The highest BCUT2D eigenvalue weighted by Gasteiger charge is 2.10. The molecule has 1 amide bonds.